The van der Waals surface area contributed by atoms with Crippen molar-refractivity contribution in [2.75, 3.05) is 19.1 Å². The van der Waals surface area contributed by atoms with Gasteiger partial charge in [0.1, 0.15) is 11.4 Å². The number of nitrogens with zero attached hydrogens (tertiary/aromatic N) is 4. The molecule has 0 atom stereocenters. The van der Waals surface area contributed by atoms with Gasteiger partial charge in [0.15, 0.2) is 5.82 Å². The normalized spacial score (nSPS) is 11.5. The van der Waals surface area contributed by atoms with E-state index in [0.717, 1.165) is 34.2 Å². The molecule has 0 fully saturated rings. The predicted molar refractivity (Wildman–Crippen MR) is 111 cm³/mol. The van der Waals surface area contributed by atoms with Crippen LogP contribution in [-0.2, 0) is 5.41 Å². The maximum atomic E-state index is 5.51. The molecule has 0 saturated carbocycles. The number of aryl methyl sites for hydroxylation is 1. The molecule has 1 aromatic heterocycles. The van der Waals surface area contributed by atoms with E-state index in [2.05, 4.69) is 73.2 Å². The Bertz CT molecular complexity index is 936. The first-order valence-corrected chi connectivity index (χ1v) is 9.14. The molecule has 142 valence electrons. The van der Waals surface area contributed by atoms with Crippen LogP contribution >= 0.6 is 0 Å². The maximum absolute atomic E-state index is 5.51. The summed E-state index contributed by atoms with van der Waals surface area (Å²) in [5.41, 5.74) is 5.52. The van der Waals surface area contributed by atoms with Crippen molar-refractivity contribution in [1.29, 1.82) is 0 Å². The number of hydrogen-bond donors (Lipinski definition) is 0. The molecule has 0 N–H and O–H groups in total. The standard InChI is InChI=1S/C22H28N4O/c1-15-8-13-20(27-7)19(14-15)26-16(2)21(23-24-26)25(6)18-11-9-17(10-12-18)22(3,4)5/h8-14H,1-7H3. The molecule has 0 aliphatic heterocycles. The van der Waals surface area contributed by atoms with Gasteiger partial charge in [-0.3, -0.25) is 0 Å². The Labute approximate surface area is 161 Å². The Morgan fingerprint density at radius 1 is 1.00 bits per heavy atom. The van der Waals surface area contributed by atoms with Crippen LogP contribution in [0, 0.1) is 13.8 Å². The third-order valence-corrected chi connectivity index (χ3v) is 4.87. The zero-order chi connectivity index (χ0) is 19.8. The predicted octanol–water partition coefficient (Wildman–Crippen LogP) is 4.96. The summed E-state index contributed by atoms with van der Waals surface area (Å²) in [6.07, 6.45) is 0. The fourth-order valence-corrected chi connectivity index (χ4v) is 3.13. The van der Waals surface area contributed by atoms with E-state index in [1.54, 1.807) is 7.11 Å². The Kier molecular flexibility index (Phi) is 4.96. The first kappa shape index (κ1) is 19.0. The average Bonchev–Trinajstić information content (AvgIpc) is 3.01. The van der Waals surface area contributed by atoms with E-state index in [0.29, 0.717) is 0 Å². The average molecular weight is 364 g/mol. The molecule has 27 heavy (non-hydrogen) atoms. The molecule has 1 heterocycles. The smallest absolute Gasteiger partial charge is 0.178 e. The monoisotopic (exact) mass is 364 g/mol. The molecular formula is C22H28N4O. The number of benzene rings is 2. The fourth-order valence-electron chi connectivity index (χ4n) is 3.13. The van der Waals surface area contributed by atoms with Gasteiger partial charge in [-0.2, -0.15) is 0 Å². The topological polar surface area (TPSA) is 43.2 Å². The Morgan fingerprint density at radius 3 is 2.26 bits per heavy atom. The van der Waals surface area contributed by atoms with Crippen LogP contribution < -0.4 is 9.64 Å². The molecule has 3 aromatic rings. The second-order valence-electron chi connectivity index (χ2n) is 7.94. The van der Waals surface area contributed by atoms with Crippen molar-refractivity contribution in [3.05, 3.63) is 59.3 Å². The first-order valence-electron chi connectivity index (χ1n) is 9.14. The second kappa shape index (κ2) is 7.06. The summed E-state index contributed by atoms with van der Waals surface area (Å²) in [6, 6.07) is 14.7. The fraction of sp³-hybridized carbons (Fsp3) is 0.364. The highest BCUT2D eigenvalue weighted by molar-refractivity contribution is 5.62. The number of hydrogen-bond acceptors (Lipinski definition) is 4. The lowest BCUT2D eigenvalue weighted by Crippen LogP contribution is -2.14. The number of ether oxygens (including phenoxy) is 1. The summed E-state index contributed by atoms with van der Waals surface area (Å²) in [5, 5.41) is 8.81. The van der Waals surface area contributed by atoms with Gasteiger partial charge in [-0.05, 0) is 54.7 Å². The molecule has 5 nitrogen and oxygen atoms in total. The zero-order valence-corrected chi connectivity index (χ0v) is 17.2. The molecule has 0 bridgehead atoms. The summed E-state index contributed by atoms with van der Waals surface area (Å²) in [4.78, 5) is 2.06. The molecule has 0 radical (unpaired) electrons. The minimum atomic E-state index is 0.137. The molecular weight excluding hydrogens is 336 g/mol. The number of aromatic nitrogens is 3. The number of rotatable bonds is 4. The molecule has 2 aromatic carbocycles. The minimum absolute atomic E-state index is 0.137. The lowest BCUT2D eigenvalue weighted by Gasteiger charge is -2.22. The SMILES string of the molecule is COc1ccc(C)cc1-n1nnc(N(C)c2ccc(C(C)(C)C)cc2)c1C. The van der Waals surface area contributed by atoms with E-state index in [-0.39, 0.29) is 5.41 Å². The van der Waals surface area contributed by atoms with Crippen molar-refractivity contribution in [3.8, 4) is 11.4 Å². The van der Waals surface area contributed by atoms with Crippen LogP contribution in [0.4, 0.5) is 11.5 Å². The van der Waals surface area contributed by atoms with Gasteiger partial charge in [-0.15, -0.1) is 5.10 Å². The summed E-state index contributed by atoms with van der Waals surface area (Å²) in [7, 11) is 3.69. The molecule has 0 aliphatic carbocycles. The van der Waals surface area contributed by atoms with E-state index in [4.69, 9.17) is 4.74 Å². The highest BCUT2D eigenvalue weighted by Gasteiger charge is 2.19. The second-order valence-corrected chi connectivity index (χ2v) is 7.94. The third kappa shape index (κ3) is 3.68. The van der Waals surface area contributed by atoms with Crippen LogP contribution in [0.5, 0.6) is 5.75 Å². The maximum Gasteiger partial charge on any atom is 0.178 e. The van der Waals surface area contributed by atoms with Crippen molar-refractivity contribution >= 4 is 11.5 Å². The number of anilines is 2. The summed E-state index contributed by atoms with van der Waals surface area (Å²) >= 11 is 0. The molecule has 0 unspecified atom stereocenters. The Balaban J connectivity index is 1.97. The molecule has 3 rings (SSSR count). The van der Waals surface area contributed by atoms with Gasteiger partial charge in [0, 0.05) is 12.7 Å². The summed E-state index contributed by atoms with van der Waals surface area (Å²) < 4.78 is 7.34. The van der Waals surface area contributed by atoms with Crippen LogP contribution in [0.15, 0.2) is 42.5 Å². The van der Waals surface area contributed by atoms with Crippen LogP contribution in [-0.4, -0.2) is 29.2 Å². The van der Waals surface area contributed by atoms with E-state index >= 15 is 0 Å². The van der Waals surface area contributed by atoms with E-state index in [1.165, 1.54) is 5.56 Å². The largest absolute Gasteiger partial charge is 0.494 e. The van der Waals surface area contributed by atoms with Crippen LogP contribution in [0.1, 0.15) is 37.6 Å². The molecule has 0 amide bonds. The van der Waals surface area contributed by atoms with Crippen LogP contribution in [0.3, 0.4) is 0 Å². The van der Waals surface area contributed by atoms with E-state index in [9.17, 15) is 0 Å². The van der Waals surface area contributed by atoms with Crippen LogP contribution in [0.25, 0.3) is 5.69 Å². The van der Waals surface area contributed by atoms with Crippen molar-refractivity contribution in [2.24, 2.45) is 0 Å². The van der Waals surface area contributed by atoms with Gasteiger partial charge in [0.2, 0.25) is 0 Å². The lowest BCUT2D eigenvalue weighted by molar-refractivity contribution is 0.411. The summed E-state index contributed by atoms with van der Waals surface area (Å²) in [5.74, 6) is 1.60. The molecule has 0 spiro atoms. The van der Waals surface area contributed by atoms with E-state index < -0.39 is 0 Å². The van der Waals surface area contributed by atoms with Crippen LogP contribution in [0.2, 0.25) is 0 Å². The van der Waals surface area contributed by atoms with Gasteiger partial charge >= 0.3 is 0 Å². The highest BCUT2D eigenvalue weighted by atomic mass is 16.5. The van der Waals surface area contributed by atoms with Gasteiger partial charge in [0.25, 0.3) is 0 Å². The summed E-state index contributed by atoms with van der Waals surface area (Å²) in [6.45, 7) is 10.7. The van der Waals surface area contributed by atoms with Gasteiger partial charge in [-0.1, -0.05) is 44.2 Å². The van der Waals surface area contributed by atoms with Gasteiger partial charge in [0.05, 0.1) is 12.8 Å². The molecule has 0 aliphatic rings. The van der Waals surface area contributed by atoms with Gasteiger partial charge < -0.3 is 9.64 Å². The quantitative estimate of drug-likeness (QED) is 0.656. The first-order chi connectivity index (χ1) is 12.7. The number of methoxy groups -OCH3 is 1. The van der Waals surface area contributed by atoms with Crippen molar-refractivity contribution in [2.45, 2.75) is 40.0 Å². The third-order valence-electron chi connectivity index (χ3n) is 4.87. The highest BCUT2D eigenvalue weighted by Crippen LogP contribution is 2.31. The Morgan fingerprint density at radius 2 is 1.67 bits per heavy atom. The Hall–Kier alpha value is -2.82. The zero-order valence-electron chi connectivity index (χ0n) is 17.2. The van der Waals surface area contributed by atoms with Crippen molar-refractivity contribution in [3.63, 3.8) is 0 Å². The molecule has 0 saturated heterocycles. The lowest BCUT2D eigenvalue weighted by atomic mass is 9.87. The van der Waals surface area contributed by atoms with Crippen molar-refractivity contribution < 1.29 is 4.74 Å². The van der Waals surface area contributed by atoms with Crippen molar-refractivity contribution in [1.82, 2.24) is 15.0 Å². The van der Waals surface area contributed by atoms with E-state index in [1.807, 2.05) is 30.8 Å². The van der Waals surface area contributed by atoms with Gasteiger partial charge in [-0.25, -0.2) is 4.68 Å². The molecule has 5 heteroatoms. The minimum Gasteiger partial charge on any atom is -0.494 e.